The molecule has 5 rings (SSSR count). The molecule has 3 aliphatic rings. The van der Waals surface area contributed by atoms with Crippen LogP contribution < -0.4 is 0 Å². The molecule has 0 spiro atoms. The predicted molar refractivity (Wildman–Crippen MR) is 111 cm³/mol. The van der Waals surface area contributed by atoms with Crippen LogP contribution in [0.4, 0.5) is 0 Å². The van der Waals surface area contributed by atoms with Crippen LogP contribution in [-0.4, -0.2) is 55.2 Å². The van der Waals surface area contributed by atoms with Crippen molar-refractivity contribution in [1.29, 1.82) is 0 Å². The number of fused-ring (bicyclic) bond motifs is 4. The number of nitrogens with one attached hydrogen (secondary N) is 1. The van der Waals surface area contributed by atoms with Gasteiger partial charge in [0.05, 0.1) is 7.11 Å². The molecule has 1 saturated heterocycles. The van der Waals surface area contributed by atoms with Gasteiger partial charge in [-0.25, -0.2) is 0 Å². The summed E-state index contributed by atoms with van der Waals surface area (Å²) in [5, 5.41) is 1.11. The second-order valence-electron chi connectivity index (χ2n) is 8.00. The Balaban J connectivity index is 2.03. The molecule has 4 heterocycles. The van der Waals surface area contributed by atoms with Crippen LogP contribution in [0.25, 0.3) is 10.9 Å². The summed E-state index contributed by atoms with van der Waals surface area (Å²) in [5.74, 6) is -0.850. The fraction of sp³-hybridized carbons (Fsp3) is 0.478. The van der Waals surface area contributed by atoms with Gasteiger partial charge in [-0.15, -0.1) is 0 Å². The molecular formula is C23H28N2O4. The third-order valence-corrected chi connectivity index (χ3v) is 6.54. The molecule has 0 saturated carbocycles. The van der Waals surface area contributed by atoms with Crippen molar-refractivity contribution in [2.45, 2.75) is 32.1 Å². The number of carbonyl (C=O) groups is 2. The summed E-state index contributed by atoms with van der Waals surface area (Å²) >= 11 is 0. The Kier molecular flexibility index (Phi) is 5.21. The van der Waals surface area contributed by atoms with Crippen LogP contribution >= 0.6 is 0 Å². The minimum Gasteiger partial charge on any atom is -0.468 e. The Morgan fingerprint density at radius 2 is 2.10 bits per heavy atom. The van der Waals surface area contributed by atoms with E-state index in [0.717, 1.165) is 54.6 Å². The average Bonchev–Trinajstić information content (AvgIpc) is 3.14. The molecule has 0 aliphatic carbocycles. The van der Waals surface area contributed by atoms with E-state index in [-0.39, 0.29) is 18.5 Å². The molecule has 1 aromatic carbocycles. The van der Waals surface area contributed by atoms with Gasteiger partial charge in [-0.3, -0.25) is 14.5 Å². The first-order chi connectivity index (χ1) is 14.0. The molecule has 1 unspecified atom stereocenters. The van der Waals surface area contributed by atoms with Crippen LogP contribution in [0.5, 0.6) is 0 Å². The fourth-order valence-corrected chi connectivity index (χ4v) is 5.15. The second-order valence-corrected chi connectivity index (χ2v) is 8.00. The van der Waals surface area contributed by atoms with Crippen molar-refractivity contribution < 1.29 is 19.1 Å². The predicted octanol–water partition coefficient (Wildman–Crippen LogP) is 2.97. The number of rotatable bonds is 3. The van der Waals surface area contributed by atoms with Crippen molar-refractivity contribution in [2.24, 2.45) is 5.92 Å². The zero-order valence-electron chi connectivity index (χ0n) is 17.3. The number of H-pyrrole nitrogens is 1. The maximum absolute atomic E-state index is 13.5. The Hall–Kier alpha value is -2.60. The van der Waals surface area contributed by atoms with E-state index in [9.17, 15) is 9.59 Å². The van der Waals surface area contributed by atoms with E-state index in [1.54, 1.807) is 0 Å². The number of para-hydroxylation sites is 1. The molecule has 1 aromatic heterocycles. The van der Waals surface area contributed by atoms with Crippen molar-refractivity contribution in [2.75, 3.05) is 33.4 Å². The van der Waals surface area contributed by atoms with Crippen molar-refractivity contribution in [1.82, 2.24) is 9.88 Å². The molecule has 0 radical (unpaired) electrons. The third kappa shape index (κ3) is 3.15. The number of methoxy groups -OCH3 is 1. The summed E-state index contributed by atoms with van der Waals surface area (Å²) in [5.41, 5.74) is 3.04. The Morgan fingerprint density at radius 1 is 1.31 bits per heavy atom. The van der Waals surface area contributed by atoms with Crippen LogP contribution in [-0.2, 0) is 30.9 Å². The van der Waals surface area contributed by atoms with Gasteiger partial charge < -0.3 is 14.5 Å². The van der Waals surface area contributed by atoms with Gasteiger partial charge in [0, 0.05) is 42.5 Å². The maximum atomic E-state index is 13.5. The standard InChI is InChI=1S/C23H28N2O4/c1-4-16-13-25-11-9-18-17-7-5-6-8-20(17)24-21(18)23(22(27)28-3,14-29-15(2)26)19(16)10-12-25/h4-8,19,24H,9-14H2,1-3H3/b16-4+/t19-,23-/m0/s1. The molecule has 1 N–H and O–H groups in total. The van der Waals surface area contributed by atoms with Gasteiger partial charge in [-0.05, 0) is 37.9 Å². The first kappa shape index (κ1) is 19.7. The van der Waals surface area contributed by atoms with Crippen LogP contribution in [0.3, 0.4) is 0 Å². The van der Waals surface area contributed by atoms with Gasteiger partial charge in [0.15, 0.2) is 0 Å². The first-order valence-corrected chi connectivity index (χ1v) is 10.2. The molecule has 6 nitrogen and oxygen atoms in total. The molecule has 29 heavy (non-hydrogen) atoms. The number of hydrogen-bond acceptors (Lipinski definition) is 5. The summed E-state index contributed by atoms with van der Waals surface area (Å²) < 4.78 is 10.9. The average molecular weight is 396 g/mol. The maximum Gasteiger partial charge on any atom is 0.321 e. The van der Waals surface area contributed by atoms with E-state index >= 15 is 0 Å². The Bertz CT molecular complexity index is 976. The highest BCUT2D eigenvalue weighted by atomic mass is 16.5. The molecule has 3 aliphatic heterocycles. The number of carbonyl (C=O) groups excluding carboxylic acids is 2. The van der Waals surface area contributed by atoms with Crippen LogP contribution in [0, 0.1) is 5.92 Å². The molecule has 6 heteroatoms. The van der Waals surface area contributed by atoms with Crippen molar-refractivity contribution in [3.63, 3.8) is 0 Å². The molecular weight excluding hydrogens is 368 g/mol. The molecule has 3 atom stereocenters. The SMILES string of the molecule is C/C=C1\CN2CCc3c([nH]c4ccccc34)[C@@](COC(C)=O)(C(=O)OC)[C@H]1CC2. The van der Waals surface area contributed by atoms with Crippen LogP contribution in [0.15, 0.2) is 35.9 Å². The van der Waals surface area contributed by atoms with Crippen molar-refractivity contribution in [3.05, 3.63) is 47.2 Å². The number of esters is 2. The number of nitrogens with zero attached hydrogens (tertiary/aromatic N) is 1. The number of allylic oxidation sites excluding steroid dienone is 1. The van der Waals surface area contributed by atoms with Gasteiger partial charge >= 0.3 is 11.9 Å². The minimum absolute atomic E-state index is 0.0309. The number of piperidine rings is 1. The smallest absolute Gasteiger partial charge is 0.321 e. The largest absolute Gasteiger partial charge is 0.468 e. The molecule has 2 aromatic rings. The van der Waals surface area contributed by atoms with E-state index < -0.39 is 11.4 Å². The Morgan fingerprint density at radius 3 is 2.83 bits per heavy atom. The highest BCUT2D eigenvalue weighted by molar-refractivity contribution is 5.91. The minimum atomic E-state index is -1.09. The zero-order valence-corrected chi connectivity index (χ0v) is 17.3. The lowest BCUT2D eigenvalue weighted by molar-refractivity contribution is -0.157. The van der Waals surface area contributed by atoms with Gasteiger partial charge in [0.25, 0.3) is 0 Å². The summed E-state index contributed by atoms with van der Waals surface area (Å²) in [6.45, 7) is 6.01. The molecule has 1 fully saturated rings. The summed E-state index contributed by atoms with van der Waals surface area (Å²) in [4.78, 5) is 31.3. The monoisotopic (exact) mass is 396 g/mol. The number of aromatic amines is 1. The Labute approximate surface area is 170 Å². The normalized spacial score (nSPS) is 27.8. The van der Waals surface area contributed by atoms with E-state index in [0.29, 0.717) is 0 Å². The van der Waals surface area contributed by atoms with Crippen molar-refractivity contribution in [3.8, 4) is 0 Å². The summed E-state index contributed by atoms with van der Waals surface area (Å²) in [6.07, 6.45) is 3.74. The third-order valence-electron chi connectivity index (χ3n) is 6.54. The molecule has 0 amide bonds. The number of benzene rings is 1. The topological polar surface area (TPSA) is 71.6 Å². The van der Waals surface area contributed by atoms with Gasteiger partial charge in [0.2, 0.25) is 0 Å². The highest BCUT2D eigenvalue weighted by Gasteiger charge is 2.54. The van der Waals surface area contributed by atoms with Crippen LogP contribution in [0.1, 0.15) is 31.5 Å². The fourth-order valence-electron chi connectivity index (χ4n) is 5.15. The number of aromatic nitrogens is 1. The molecule has 154 valence electrons. The molecule has 2 bridgehead atoms. The van der Waals surface area contributed by atoms with E-state index in [1.807, 2.05) is 25.1 Å². The lowest BCUT2D eigenvalue weighted by atomic mass is 9.66. The highest BCUT2D eigenvalue weighted by Crippen LogP contribution is 2.46. The van der Waals surface area contributed by atoms with Gasteiger partial charge in [0.1, 0.15) is 12.0 Å². The zero-order chi connectivity index (χ0) is 20.6. The van der Waals surface area contributed by atoms with Crippen LogP contribution in [0.2, 0.25) is 0 Å². The lowest BCUT2D eigenvalue weighted by Crippen LogP contribution is -2.52. The first-order valence-electron chi connectivity index (χ1n) is 10.2. The summed E-state index contributed by atoms with van der Waals surface area (Å²) in [6, 6.07) is 8.11. The van der Waals surface area contributed by atoms with E-state index in [4.69, 9.17) is 9.47 Å². The van der Waals surface area contributed by atoms with Gasteiger partial charge in [-0.1, -0.05) is 29.8 Å². The lowest BCUT2D eigenvalue weighted by Gasteiger charge is -2.42. The number of ether oxygens (including phenoxy) is 2. The van der Waals surface area contributed by atoms with E-state index in [1.165, 1.54) is 19.6 Å². The summed E-state index contributed by atoms with van der Waals surface area (Å²) in [7, 11) is 1.41. The van der Waals surface area contributed by atoms with E-state index in [2.05, 4.69) is 22.0 Å². The quantitative estimate of drug-likeness (QED) is 0.638. The second kappa shape index (κ2) is 7.67. The van der Waals surface area contributed by atoms with Gasteiger partial charge in [-0.2, -0.15) is 0 Å². The number of hydrogen-bond donors (Lipinski definition) is 1. The van der Waals surface area contributed by atoms with Crippen molar-refractivity contribution >= 4 is 22.8 Å².